The Balaban J connectivity index is 1.48. The van der Waals surface area contributed by atoms with Gasteiger partial charge < -0.3 is 4.74 Å². The molecule has 0 fully saturated rings. The molecule has 31 heavy (non-hydrogen) atoms. The van der Waals surface area contributed by atoms with Crippen molar-refractivity contribution in [1.29, 1.82) is 5.26 Å². The van der Waals surface area contributed by atoms with Crippen molar-refractivity contribution in [1.82, 2.24) is 0 Å². The predicted octanol–water partition coefficient (Wildman–Crippen LogP) is 6.63. The number of hydrogen-bond donors (Lipinski definition) is 0. The van der Waals surface area contributed by atoms with Gasteiger partial charge in [-0.15, -0.1) is 0 Å². The van der Waals surface area contributed by atoms with Gasteiger partial charge in [0.2, 0.25) is 0 Å². The highest BCUT2D eigenvalue weighted by Gasteiger charge is 2.18. The fourth-order valence-corrected chi connectivity index (χ4v) is 4.39. The number of ether oxygens (including phenoxy) is 1. The van der Waals surface area contributed by atoms with Crippen LogP contribution < -0.4 is 0 Å². The van der Waals surface area contributed by atoms with Crippen molar-refractivity contribution in [2.45, 2.75) is 25.9 Å². The number of rotatable bonds is 5. The second-order valence-electron chi connectivity index (χ2n) is 7.91. The highest BCUT2D eigenvalue weighted by Crippen LogP contribution is 2.36. The second kappa shape index (κ2) is 7.74. The molecule has 0 aliphatic carbocycles. The van der Waals surface area contributed by atoms with E-state index in [-0.39, 0.29) is 12.1 Å². The van der Waals surface area contributed by atoms with Crippen molar-refractivity contribution < 1.29 is 9.53 Å². The van der Waals surface area contributed by atoms with Crippen molar-refractivity contribution in [3.63, 3.8) is 0 Å². The first-order valence-electron chi connectivity index (χ1n) is 10.5. The zero-order valence-corrected chi connectivity index (χ0v) is 17.3. The van der Waals surface area contributed by atoms with E-state index in [1.54, 1.807) is 24.3 Å². The summed E-state index contributed by atoms with van der Waals surface area (Å²) in [5.74, 6) is -0.353. The van der Waals surface area contributed by atoms with Crippen LogP contribution in [-0.2, 0) is 11.2 Å². The molecule has 0 N–H and O–H groups in total. The first-order valence-corrected chi connectivity index (χ1v) is 10.5. The molecule has 0 saturated heterocycles. The molecule has 150 valence electrons. The zero-order chi connectivity index (χ0) is 21.4. The smallest absolute Gasteiger partial charge is 0.338 e. The fourth-order valence-electron chi connectivity index (χ4n) is 4.39. The van der Waals surface area contributed by atoms with Crippen LogP contribution in [0.25, 0.3) is 32.3 Å². The van der Waals surface area contributed by atoms with Crippen molar-refractivity contribution in [3.8, 4) is 6.07 Å². The molecule has 5 aromatic rings. The molecule has 0 saturated carbocycles. The predicted molar refractivity (Wildman–Crippen MR) is 125 cm³/mol. The van der Waals surface area contributed by atoms with Crippen molar-refractivity contribution >= 4 is 38.3 Å². The van der Waals surface area contributed by atoms with Crippen molar-refractivity contribution in [3.05, 3.63) is 95.6 Å². The molecule has 3 nitrogen and oxygen atoms in total. The minimum Gasteiger partial charge on any atom is -0.458 e. The Morgan fingerprint density at radius 2 is 1.52 bits per heavy atom. The fraction of sp³-hybridized carbons (Fsp3) is 0.143. The number of nitriles is 1. The molecular formula is C28H21NO2. The Bertz CT molecular complexity index is 1430. The van der Waals surface area contributed by atoms with Crippen LogP contribution in [0.1, 0.15) is 34.8 Å². The molecule has 1 unspecified atom stereocenters. The molecule has 0 aliphatic heterocycles. The Hall–Kier alpha value is -3.90. The van der Waals surface area contributed by atoms with Crippen LogP contribution in [0.3, 0.4) is 0 Å². The summed E-state index contributed by atoms with van der Waals surface area (Å²) in [7, 11) is 0. The molecule has 5 aromatic carbocycles. The van der Waals surface area contributed by atoms with Crippen LogP contribution in [-0.4, -0.2) is 12.1 Å². The number of nitrogens with zero attached hydrogens (tertiary/aromatic N) is 1. The number of carbonyl (C=O) groups is 1. The minimum atomic E-state index is -0.353. The number of carbonyl (C=O) groups excluding carboxylic acids is 1. The Kier molecular flexibility index (Phi) is 4.76. The standard InChI is InChI=1S/C28H21NO2/c1-2-24(31-28(30)22-8-6-18(17-29)7-9-22)16-23-13-12-21-11-10-19-4-3-5-20-14-15-25(23)27(21)26(19)20/h3-15,24H,2,16H2,1H3. The van der Waals surface area contributed by atoms with Crippen molar-refractivity contribution in [2.75, 3.05) is 0 Å². The lowest BCUT2D eigenvalue weighted by molar-refractivity contribution is 0.0294. The van der Waals surface area contributed by atoms with Crippen LogP contribution in [0.15, 0.2) is 78.9 Å². The summed E-state index contributed by atoms with van der Waals surface area (Å²) >= 11 is 0. The Labute approximate surface area is 180 Å². The molecule has 0 spiro atoms. The second-order valence-corrected chi connectivity index (χ2v) is 7.91. The summed E-state index contributed by atoms with van der Waals surface area (Å²) in [6.07, 6.45) is 1.16. The largest absolute Gasteiger partial charge is 0.458 e. The van der Waals surface area contributed by atoms with E-state index in [0.717, 1.165) is 6.42 Å². The third kappa shape index (κ3) is 3.37. The topological polar surface area (TPSA) is 50.1 Å². The lowest BCUT2D eigenvalue weighted by atomic mass is 9.90. The molecule has 0 amide bonds. The number of benzene rings is 5. The number of esters is 1. The first kappa shape index (κ1) is 19.1. The van der Waals surface area contributed by atoms with E-state index < -0.39 is 0 Å². The third-order valence-corrected chi connectivity index (χ3v) is 6.05. The van der Waals surface area contributed by atoms with Gasteiger partial charge in [0.05, 0.1) is 17.2 Å². The summed E-state index contributed by atoms with van der Waals surface area (Å²) in [4.78, 5) is 12.6. The van der Waals surface area contributed by atoms with E-state index in [4.69, 9.17) is 10.00 Å². The Morgan fingerprint density at radius 1 is 0.871 bits per heavy atom. The SMILES string of the molecule is CCC(Cc1ccc2ccc3cccc4ccc1c2c34)OC(=O)c1ccc(C#N)cc1. The van der Waals surface area contributed by atoms with Gasteiger partial charge in [-0.3, -0.25) is 0 Å². The minimum absolute atomic E-state index is 0.221. The maximum absolute atomic E-state index is 12.6. The maximum atomic E-state index is 12.6. The first-order chi connectivity index (χ1) is 15.2. The zero-order valence-electron chi connectivity index (χ0n) is 17.3. The lowest BCUT2D eigenvalue weighted by Gasteiger charge is -2.19. The van der Waals surface area contributed by atoms with Gasteiger partial charge in [-0.25, -0.2) is 4.79 Å². The van der Waals surface area contributed by atoms with E-state index in [1.807, 2.05) is 6.92 Å². The van der Waals surface area contributed by atoms with Gasteiger partial charge in [0.25, 0.3) is 0 Å². The molecular weight excluding hydrogens is 382 g/mol. The molecule has 0 aliphatic rings. The van der Waals surface area contributed by atoms with Gasteiger partial charge in [0.15, 0.2) is 0 Å². The average molecular weight is 403 g/mol. The maximum Gasteiger partial charge on any atom is 0.338 e. The molecule has 1 atom stereocenters. The van der Waals surface area contributed by atoms with Gasteiger partial charge in [-0.2, -0.15) is 5.26 Å². The van der Waals surface area contributed by atoms with E-state index in [0.29, 0.717) is 17.5 Å². The van der Waals surface area contributed by atoms with Gasteiger partial charge in [-0.05, 0) is 68.6 Å². The van der Waals surface area contributed by atoms with Crippen LogP contribution >= 0.6 is 0 Å². The third-order valence-electron chi connectivity index (χ3n) is 6.05. The quantitative estimate of drug-likeness (QED) is 0.244. The highest BCUT2D eigenvalue weighted by molar-refractivity contribution is 6.23. The highest BCUT2D eigenvalue weighted by atomic mass is 16.5. The number of hydrogen-bond acceptors (Lipinski definition) is 3. The van der Waals surface area contributed by atoms with Gasteiger partial charge in [0.1, 0.15) is 6.10 Å². The molecule has 0 bridgehead atoms. The summed E-state index contributed by atoms with van der Waals surface area (Å²) in [5.41, 5.74) is 2.18. The van der Waals surface area contributed by atoms with Crippen molar-refractivity contribution in [2.24, 2.45) is 0 Å². The van der Waals surface area contributed by atoms with Crippen LogP contribution in [0.2, 0.25) is 0 Å². The monoisotopic (exact) mass is 403 g/mol. The molecule has 0 radical (unpaired) electrons. The van der Waals surface area contributed by atoms with E-state index in [1.165, 1.54) is 37.9 Å². The normalized spacial score (nSPS) is 12.3. The van der Waals surface area contributed by atoms with Gasteiger partial charge in [-0.1, -0.05) is 61.5 Å². The van der Waals surface area contributed by atoms with E-state index >= 15 is 0 Å². The summed E-state index contributed by atoms with van der Waals surface area (Å²) in [6, 6.07) is 28.1. The summed E-state index contributed by atoms with van der Waals surface area (Å²) in [6.45, 7) is 2.03. The summed E-state index contributed by atoms with van der Waals surface area (Å²) in [5, 5.41) is 16.4. The van der Waals surface area contributed by atoms with Gasteiger partial charge in [0, 0.05) is 6.42 Å². The summed E-state index contributed by atoms with van der Waals surface area (Å²) < 4.78 is 5.83. The van der Waals surface area contributed by atoms with Gasteiger partial charge >= 0.3 is 5.97 Å². The van der Waals surface area contributed by atoms with Crippen LogP contribution in [0, 0.1) is 11.3 Å². The molecule has 3 heteroatoms. The van der Waals surface area contributed by atoms with E-state index in [2.05, 4.69) is 60.7 Å². The Morgan fingerprint density at radius 3 is 2.19 bits per heavy atom. The van der Waals surface area contributed by atoms with Crippen LogP contribution in [0.4, 0.5) is 0 Å². The molecule has 5 rings (SSSR count). The molecule has 0 heterocycles. The van der Waals surface area contributed by atoms with Crippen LogP contribution in [0.5, 0.6) is 0 Å². The van der Waals surface area contributed by atoms with E-state index in [9.17, 15) is 4.79 Å². The average Bonchev–Trinajstić information content (AvgIpc) is 2.82. The molecule has 0 aromatic heterocycles. The lowest BCUT2D eigenvalue weighted by Crippen LogP contribution is -2.20.